The lowest BCUT2D eigenvalue weighted by molar-refractivity contribution is -0.171. The Bertz CT molecular complexity index is 457. The molecule has 4 nitrogen and oxygen atoms in total. The van der Waals surface area contributed by atoms with E-state index in [9.17, 15) is 9.90 Å². The van der Waals surface area contributed by atoms with Crippen molar-refractivity contribution in [1.29, 1.82) is 0 Å². The van der Waals surface area contributed by atoms with Crippen LogP contribution in [-0.2, 0) is 20.9 Å². The van der Waals surface area contributed by atoms with Gasteiger partial charge in [0.1, 0.15) is 0 Å². The highest BCUT2D eigenvalue weighted by Gasteiger charge is 2.46. The SMILES string of the molecule is CCOC(=O)C(O)(CC)C1COCc2ccccc21. The molecule has 2 atom stereocenters. The minimum atomic E-state index is -1.52. The normalized spacial score (nSPS) is 21.3. The maximum Gasteiger partial charge on any atom is 0.338 e. The van der Waals surface area contributed by atoms with Crippen LogP contribution >= 0.6 is 0 Å². The fraction of sp³-hybridized carbons (Fsp3) is 0.533. The Morgan fingerprint density at radius 1 is 1.47 bits per heavy atom. The van der Waals surface area contributed by atoms with E-state index in [1.165, 1.54) is 0 Å². The predicted octanol–water partition coefficient (Wildman–Crippen LogP) is 2.00. The van der Waals surface area contributed by atoms with Gasteiger partial charge in [0.05, 0.1) is 19.8 Å². The minimum absolute atomic E-state index is 0.260. The molecule has 2 rings (SSSR count). The van der Waals surface area contributed by atoms with E-state index < -0.39 is 11.6 Å². The molecular weight excluding hydrogens is 244 g/mol. The van der Waals surface area contributed by atoms with Crippen LogP contribution in [0.2, 0.25) is 0 Å². The van der Waals surface area contributed by atoms with Gasteiger partial charge in [-0.1, -0.05) is 31.2 Å². The average Bonchev–Trinajstić information content (AvgIpc) is 2.46. The van der Waals surface area contributed by atoms with E-state index in [2.05, 4.69) is 0 Å². The Kier molecular flexibility index (Phi) is 4.22. The molecule has 0 aromatic heterocycles. The topological polar surface area (TPSA) is 55.8 Å². The lowest BCUT2D eigenvalue weighted by Gasteiger charge is -2.36. The third-order valence-corrected chi connectivity index (χ3v) is 3.72. The summed E-state index contributed by atoms with van der Waals surface area (Å²) in [6.45, 7) is 4.64. The summed E-state index contributed by atoms with van der Waals surface area (Å²) >= 11 is 0. The molecule has 0 spiro atoms. The van der Waals surface area contributed by atoms with Gasteiger partial charge in [0, 0.05) is 5.92 Å². The Morgan fingerprint density at radius 3 is 2.89 bits per heavy atom. The monoisotopic (exact) mass is 264 g/mol. The summed E-state index contributed by atoms with van der Waals surface area (Å²) in [5, 5.41) is 10.7. The first-order valence-corrected chi connectivity index (χ1v) is 6.68. The van der Waals surface area contributed by atoms with Crippen LogP contribution in [0.4, 0.5) is 0 Å². The highest BCUT2D eigenvalue weighted by atomic mass is 16.5. The minimum Gasteiger partial charge on any atom is -0.464 e. The number of esters is 1. The number of carbonyl (C=O) groups excluding carboxylic acids is 1. The molecule has 4 heteroatoms. The zero-order valence-electron chi connectivity index (χ0n) is 11.4. The fourth-order valence-electron chi connectivity index (χ4n) is 2.57. The Morgan fingerprint density at radius 2 is 2.21 bits per heavy atom. The molecule has 0 radical (unpaired) electrons. The predicted molar refractivity (Wildman–Crippen MR) is 70.7 cm³/mol. The first-order valence-electron chi connectivity index (χ1n) is 6.68. The maximum absolute atomic E-state index is 12.1. The molecule has 0 amide bonds. The van der Waals surface area contributed by atoms with E-state index in [-0.39, 0.29) is 12.5 Å². The lowest BCUT2D eigenvalue weighted by atomic mass is 9.78. The zero-order valence-corrected chi connectivity index (χ0v) is 11.4. The number of ether oxygens (including phenoxy) is 2. The second-order valence-corrected chi connectivity index (χ2v) is 4.76. The van der Waals surface area contributed by atoms with Crippen molar-refractivity contribution in [3.05, 3.63) is 35.4 Å². The van der Waals surface area contributed by atoms with Gasteiger partial charge < -0.3 is 14.6 Å². The van der Waals surface area contributed by atoms with Crippen LogP contribution in [0.15, 0.2) is 24.3 Å². The summed E-state index contributed by atoms with van der Waals surface area (Å²) in [4.78, 5) is 12.1. The standard InChI is InChI=1S/C15H20O4/c1-3-15(17,14(16)19-4-2)13-10-18-9-11-7-5-6-8-12(11)13/h5-8,13,17H,3-4,9-10H2,1-2H3. The number of hydrogen-bond acceptors (Lipinski definition) is 4. The maximum atomic E-state index is 12.1. The van der Waals surface area contributed by atoms with Crippen molar-refractivity contribution in [2.45, 2.75) is 38.4 Å². The van der Waals surface area contributed by atoms with E-state index in [0.717, 1.165) is 11.1 Å². The first kappa shape index (κ1) is 14.0. The van der Waals surface area contributed by atoms with E-state index in [0.29, 0.717) is 19.6 Å². The van der Waals surface area contributed by atoms with Gasteiger partial charge >= 0.3 is 5.97 Å². The quantitative estimate of drug-likeness (QED) is 0.845. The van der Waals surface area contributed by atoms with Crippen LogP contribution in [0.25, 0.3) is 0 Å². The molecule has 1 aromatic rings. The van der Waals surface area contributed by atoms with Crippen molar-refractivity contribution >= 4 is 5.97 Å². The van der Waals surface area contributed by atoms with Crippen molar-refractivity contribution in [2.24, 2.45) is 0 Å². The summed E-state index contributed by atoms with van der Waals surface area (Å²) in [7, 11) is 0. The van der Waals surface area contributed by atoms with Crippen LogP contribution in [0.1, 0.15) is 37.3 Å². The van der Waals surface area contributed by atoms with Crippen molar-refractivity contribution in [3.63, 3.8) is 0 Å². The number of benzene rings is 1. The largest absolute Gasteiger partial charge is 0.464 e. The fourth-order valence-corrected chi connectivity index (χ4v) is 2.57. The molecule has 1 aliphatic heterocycles. The summed E-state index contributed by atoms with van der Waals surface area (Å²) in [5.41, 5.74) is 0.480. The van der Waals surface area contributed by atoms with Crippen molar-refractivity contribution in [1.82, 2.24) is 0 Å². The van der Waals surface area contributed by atoms with Crippen molar-refractivity contribution < 1.29 is 19.4 Å². The Labute approximate surface area is 113 Å². The summed E-state index contributed by atoms with van der Waals surface area (Å²) < 4.78 is 10.5. The number of carbonyl (C=O) groups is 1. The number of hydrogen-bond donors (Lipinski definition) is 1. The van der Waals surface area contributed by atoms with Gasteiger partial charge in [-0.25, -0.2) is 4.79 Å². The Hall–Kier alpha value is -1.39. The number of aliphatic hydroxyl groups is 1. The average molecular weight is 264 g/mol. The second-order valence-electron chi connectivity index (χ2n) is 4.76. The zero-order chi connectivity index (χ0) is 13.9. The summed E-state index contributed by atoms with van der Waals surface area (Å²) in [6, 6.07) is 7.75. The molecule has 1 heterocycles. The highest BCUT2D eigenvalue weighted by molar-refractivity contribution is 5.81. The molecule has 0 bridgehead atoms. The van der Waals surface area contributed by atoms with Crippen molar-refractivity contribution in [3.8, 4) is 0 Å². The van der Waals surface area contributed by atoms with Crippen LogP contribution in [0.3, 0.4) is 0 Å². The molecule has 104 valence electrons. The third-order valence-electron chi connectivity index (χ3n) is 3.72. The lowest BCUT2D eigenvalue weighted by Crippen LogP contribution is -2.48. The van der Waals surface area contributed by atoms with Crippen LogP contribution in [0, 0.1) is 0 Å². The molecule has 1 N–H and O–H groups in total. The molecule has 0 aliphatic carbocycles. The van der Waals surface area contributed by atoms with Crippen LogP contribution < -0.4 is 0 Å². The molecule has 0 fully saturated rings. The van der Waals surface area contributed by atoms with E-state index in [1.54, 1.807) is 13.8 Å². The van der Waals surface area contributed by atoms with E-state index >= 15 is 0 Å². The number of fused-ring (bicyclic) bond motifs is 1. The molecule has 19 heavy (non-hydrogen) atoms. The van der Waals surface area contributed by atoms with Gasteiger partial charge in [0.25, 0.3) is 0 Å². The van der Waals surface area contributed by atoms with Gasteiger partial charge in [0.2, 0.25) is 0 Å². The number of rotatable bonds is 4. The molecule has 0 saturated heterocycles. The highest BCUT2D eigenvalue weighted by Crippen LogP contribution is 2.37. The molecule has 1 aliphatic rings. The van der Waals surface area contributed by atoms with Gasteiger partial charge in [-0.2, -0.15) is 0 Å². The van der Waals surface area contributed by atoms with Crippen molar-refractivity contribution in [2.75, 3.05) is 13.2 Å². The molecule has 2 unspecified atom stereocenters. The molecule has 0 saturated carbocycles. The van der Waals surface area contributed by atoms with E-state index in [1.807, 2.05) is 24.3 Å². The van der Waals surface area contributed by atoms with Crippen LogP contribution in [-0.4, -0.2) is 29.9 Å². The van der Waals surface area contributed by atoms with Gasteiger partial charge in [-0.3, -0.25) is 0 Å². The smallest absolute Gasteiger partial charge is 0.338 e. The van der Waals surface area contributed by atoms with Gasteiger partial charge in [0.15, 0.2) is 5.60 Å². The van der Waals surface area contributed by atoms with E-state index in [4.69, 9.17) is 9.47 Å². The molecular formula is C15H20O4. The Balaban J connectivity index is 2.37. The summed E-state index contributed by atoms with van der Waals surface area (Å²) in [6.07, 6.45) is 0.300. The molecule has 1 aromatic carbocycles. The third kappa shape index (κ3) is 2.51. The van der Waals surface area contributed by atoms with Gasteiger partial charge in [-0.05, 0) is 24.5 Å². The first-order chi connectivity index (χ1) is 9.13. The van der Waals surface area contributed by atoms with Gasteiger partial charge in [-0.15, -0.1) is 0 Å². The van der Waals surface area contributed by atoms with Crippen LogP contribution in [0.5, 0.6) is 0 Å². The summed E-state index contributed by atoms with van der Waals surface area (Å²) in [5.74, 6) is -0.940. The second kappa shape index (κ2) is 5.72.